The standard InChI is InChI=1S/C24H28N6/c1-4-17(5-2)22-14-26-23(24-25-11-12-29(22)24)27-18-7-9-19(10-8-18)30-16-20-13-21(30)15-28(20)6-3/h4-5,7-12,14,20-21H,1,6,13,15-16H2,2-3H3,(H,26,27)/b17-5+/t20-,21-/m0/s1. The molecule has 154 valence electrons. The summed E-state index contributed by atoms with van der Waals surface area (Å²) in [5, 5.41) is 3.44. The fourth-order valence-corrected chi connectivity index (χ4v) is 4.92. The molecule has 0 unspecified atom stereocenters. The van der Waals surface area contributed by atoms with Crippen LogP contribution in [0.5, 0.6) is 0 Å². The number of likely N-dealkylation sites (N-methyl/N-ethyl adjacent to an activating group) is 1. The van der Waals surface area contributed by atoms with Crippen molar-refractivity contribution in [2.45, 2.75) is 32.4 Å². The maximum absolute atomic E-state index is 4.64. The SMILES string of the molecule is C=C/C(=C\C)c1cnc(Nc2ccc(N3C[C@@H]4C[C@H]3CN4CC)cc2)c2nccn12. The van der Waals surface area contributed by atoms with E-state index in [2.05, 4.69) is 62.9 Å². The predicted octanol–water partition coefficient (Wildman–Crippen LogP) is 4.35. The minimum atomic E-state index is 0.651. The van der Waals surface area contributed by atoms with Crippen molar-refractivity contribution < 1.29 is 0 Å². The minimum Gasteiger partial charge on any atom is -0.366 e. The van der Waals surface area contributed by atoms with Gasteiger partial charge in [-0.1, -0.05) is 25.7 Å². The molecule has 0 radical (unpaired) electrons. The second-order valence-electron chi connectivity index (χ2n) is 8.02. The van der Waals surface area contributed by atoms with E-state index in [4.69, 9.17) is 0 Å². The lowest BCUT2D eigenvalue weighted by Gasteiger charge is -2.35. The van der Waals surface area contributed by atoms with E-state index in [0.29, 0.717) is 12.1 Å². The number of benzene rings is 1. The summed E-state index contributed by atoms with van der Waals surface area (Å²) in [6.07, 6.45) is 10.8. The molecule has 1 N–H and O–H groups in total. The number of imidazole rings is 1. The third-order valence-electron chi connectivity index (χ3n) is 6.48. The van der Waals surface area contributed by atoms with Crippen LogP contribution in [-0.2, 0) is 0 Å². The lowest BCUT2D eigenvalue weighted by Crippen LogP contribution is -2.46. The summed E-state index contributed by atoms with van der Waals surface area (Å²) in [6, 6.07) is 10.1. The molecule has 5 rings (SSSR count). The second kappa shape index (κ2) is 7.61. The van der Waals surface area contributed by atoms with Crippen LogP contribution < -0.4 is 10.2 Å². The van der Waals surface area contributed by atoms with E-state index >= 15 is 0 Å². The Kier molecular flexibility index (Phi) is 4.79. The molecule has 2 saturated heterocycles. The highest BCUT2D eigenvalue weighted by Gasteiger charge is 2.42. The van der Waals surface area contributed by atoms with E-state index in [1.807, 2.05) is 35.9 Å². The van der Waals surface area contributed by atoms with Gasteiger partial charge >= 0.3 is 0 Å². The molecule has 0 saturated carbocycles. The molecule has 2 aromatic heterocycles. The summed E-state index contributed by atoms with van der Waals surface area (Å²) in [4.78, 5) is 14.3. The molecule has 2 bridgehead atoms. The van der Waals surface area contributed by atoms with Crippen molar-refractivity contribution in [2.75, 3.05) is 29.9 Å². The maximum Gasteiger partial charge on any atom is 0.180 e. The Balaban J connectivity index is 1.36. The van der Waals surface area contributed by atoms with Gasteiger partial charge in [-0.2, -0.15) is 0 Å². The van der Waals surface area contributed by atoms with Crippen LogP contribution in [0.1, 0.15) is 26.0 Å². The summed E-state index contributed by atoms with van der Waals surface area (Å²) in [6.45, 7) is 11.7. The molecule has 2 atom stereocenters. The zero-order valence-electron chi connectivity index (χ0n) is 17.6. The first-order valence-electron chi connectivity index (χ1n) is 10.7. The Bertz CT molecular complexity index is 1100. The van der Waals surface area contributed by atoms with Crippen LogP contribution in [0.3, 0.4) is 0 Å². The van der Waals surface area contributed by atoms with Gasteiger partial charge in [0.2, 0.25) is 0 Å². The number of rotatable bonds is 6. The van der Waals surface area contributed by atoms with Crippen LogP contribution >= 0.6 is 0 Å². The van der Waals surface area contributed by atoms with Gasteiger partial charge in [-0.25, -0.2) is 9.97 Å². The van der Waals surface area contributed by atoms with E-state index in [1.165, 1.54) is 18.7 Å². The van der Waals surface area contributed by atoms with Gasteiger partial charge in [0.05, 0.1) is 11.9 Å². The van der Waals surface area contributed by atoms with Crippen molar-refractivity contribution in [3.8, 4) is 0 Å². The average molecular weight is 401 g/mol. The van der Waals surface area contributed by atoms with Crippen molar-refractivity contribution in [1.82, 2.24) is 19.3 Å². The van der Waals surface area contributed by atoms with E-state index < -0.39 is 0 Å². The number of allylic oxidation sites excluding steroid dienone is 3. The maximum atomic E-state index is 4.64. The number of anilines is 3. The van der Waals surface area contributed by atoms with Crippen LogP contribution in [-0.4, -0.2) is 51.0 Å². The number of nitrogens with zero attached hydrogens (tertiary/aromatic N) is 5. The Morgan fingerprint density at radius 2 is 2.03 bits per heavy atom. The topological polar surface area (TPSA) is 48.7 Å². The van der Waals surface area contributed by atoms with Crippen molar-refractivity contribution >= 4 is 28.4 Å². The summed E-state index contributed by atoms with van der Waals surface area (Å²) < 4.78 is 2.04. The summed E-state index contributed by atoms with van der Waals surface area (Å²) >= 11 is 0. The van der Waals surface area contributed by atoms with Gasteiger partial charge in [-0.3, -0.25) is 9.30 Å². The van der Waals surface area contributed by atoms with Gasteiger partial charge in [0.15, 0.2) is 11.5 Å². The molecular formula is C24H28N6. The molecule has 4 heterocycles. The molecular weight excluding hydrogens is 372 g/mol. The Labute approximate surface area is 177 Å². The molecule has 6 heteroatoms. The second-order valence-corrected chi connectivity index (χ2v) is 8.02. The third kappa shape index (κ3) is 3.08. The number of likely N-dealkylation sites (tertiary alicyclic amines) is 1. The van der Waals surface area contributed by atoms with E-state index in [9.17, 15) is 0 Å². The van der Waals surface area contributed by atoms with Crippen molar-refractivity contribution in [1.29, 1.82) is 0 Å². The quantitative estimate of drug-likeness (QED) is 0.624. The van der Waals surface area contributed by atoms with Gasteiger partial charge in [-0.15, -0.1) is 0 Å². The minimum absolute atomic E-state index is 0.651. The Morgan fingerprint density at radius 3 is 2.70 bits per heavy atom. The van der Waals surface area contributed by atoms with E-state index in [1.54, 1.807) is 6.20 Å². The third-order valence-corrected chi connectivity index (χ3v) is 6.48. The number of aromatic nitrogens is 3. The van der Waals surface area contributed by atoms with Crippen LogP contribution in [0.15, 0.2) is 61.6 Å². The molecule has 6 nitrogen and oxygen atoms in total. The van der Waals surface area contributed by atoms with E-state index in [0.717, 1.165) is 41.5 Å². The number of piperazine rings is 1. The molecule has 2 fully saturated rings. The highest BCUT2D eigenvalue weighted by molar-refractivity contribution is 5.77. The van der Waals surface area contributed by atoms with E-state index in [-0.39, 0.29) is 0 Å². The fourth-order valence-electron chi connectivity index (χ4n) is 4.92. The number of hydrogen-bond donors (Lipinski definition) is 1. The molecule has 3 aromatic rings. The molecule has 0 amide bonds. The zero-order valence-corrected chi connectivity index (χ0v) is 17.6. The lowest BCUT2D eigenvalue weighted by atomic mass is 10.2. The van der Waals surface area contributed by atoms with Gasteiger partial charge < -0.3 is 10.2 Å². The predicted molar refractivity (Wildman–Crippen MR) is 123 cm³/mol. The van der Waals surface area contributed by atoms with Gasteiger partial charge in [0.1, 0.15) is 0 Å². The zero-order chi connectivity index (χ0) is 20.7. The first-order chi connectivity index (χ1) is 14.7. The molecule has 2 aliphatic heterocycles. The highest BCUT2D eigenvalue weighted by atomic mass is 15.3. The van der Waals surface area contributed by atoms with Crippen LogP contribution in [0.4, 0.5) is 17.2 Å². The normalized spacial score (nSPS) is 21.5. The Hall–Kier alpha value is -3.12. The first kappa shape index (κ1) is 18.9. The molecule has 2 aliphatic rings. The molecule has 30 heavy (non-hydrogen) atoms. The largest absolute Gasteiger partial charge is 0.366 e. The average Bonchev–Trinajstić information content (AvgIpc) is 3.52. The number of nitrogens with one attached hydrogen (secondary N) is 1. The molecule has 0 spiro atoms. The monoisotopic (exact) mass is 400 g/mol. The number of fused-ring (bicyclic) bond motifs is 3. The van der Waals surface area contributed by atoms with Crippen LogP contribution in [0, 0.1) is 0 Å². The smallest absolute Gasteiger partial charge is 0.180 e. The van der Waals surface area contributed by atoms with Crippen molar-refractivity contribution in [3.63, 3.8) is 0 Å². The summed E-state index contributed by atoms with van der Waals surface area (Å²) in [5.41, 5.74) is 5.13. The fraction of sp³-hybridized carbons (Fsp3) is 0.333. The summed E-state index contributed by atoms with van der Waals surface area (Å²) in [5.74, 6) is 0.745. The van der Waals surface area contributed by atoms with Gasteiger partial charge in [0, 0.05) is 48.9 Å². The van der Waals surface area contributed by atoms with Gasteiger partial charge in [0.25, 0.3) is 0 Å². The molecule has 1 aromatic carbocycles. The number of hydrogen-bond acceptors (Lipinski definition) is 5. The lowest BCUT2D eigenvalue weighted by molar-refractivity contribution is 0.251. The van der Waals surface area contributed by atoms with Crippen LogP contribution in [0.2, 0.25) is 0 Å². The van der Waals surface area contributed by atoms with Gasteiger partial charge in [-0.05, 0) is 49.7 Å². The summed E-state index contributed by atoms with van der Waals surface area (Å²) in [7, 11) is 0. The van der Waals surface area contributed by atoms with Crippen molar-refractivity contribution in [2.24, 2.45) is 0 Å². The Morgan fingerprint density at radius 1 is 1.20 bits per heavy atom. The molecule has 0 aliphatic carbocycles. The first-order valence-corrected chi connectivity index (χ1v) is 10.7. The highest BCUT2D eigenvalue weighted by Crippen LogP contribution is 2.35. The van der Waals surface area contributed by atoms with Crippen molar-refractivity contribution in [3.05, 3.63) is 67.3 Å². The van der Waals surface area contributed by atoms with Crippen LogP contribution in [0.25, 0.3) is 11.2 Å².